The van der Waals surface area contributed by atoms with Crippen LogP contribution in [0.2, 0.25) is 0 Å². The van der Waals surface area contributed by atoms with E-state index in [1.807, 2.05) is 19.2 Å². The van der Waals surface area contributed by atoms with E-state index in [2.05, 4.69) is 32.2 Å². The van der Waals surface area contributed by atoms with Crippen molar-refractivity contribution in [3.05, 3.63) is 46.8 Å². The van der Waals surface area contributed by atoms with Crippen molar-refractivity contribution in [2.45, 2.75) is 19.9 Å². The van der Waals surface area contributed by atoms with Gasteiger partial charge in [0.2, 0.25) is 5.95 Å². The third-order valence-electron chi connectivity index (χ3n) is 5.51. The molecule has 0 spiro atoms. The Kier molecular flexibility index (Phi) is 4.35. The number of ether oxygens (including phenoxy) is 1. The summed E-state index contributed by atoms with van der Waals surface area (Å²) in [6.45, 7) is 6.01. The molecule has 0 aliphatic carbocycles. The Morgan fingerprint density at radius 3 is 2.97 bits per heavy atom. The lowest BCUT2D eigenvalue weighted by Crippen LogP contribution is -2.44. The minimum Gasteiger partial charge on any atom is -0.377 e. The lowest BCUT2D eigenvalue weighted by Gasteiger charge is -2.35. The van der Waals surface area contributed by atoms with Crippen molar-refractivity contribution in [3.8, 4) is 0 Å². The van der Waals surface area contributed by atoms with Crippen molar-refractivity contribution in [2.24, 2.45) is 7.05 Å². The molecule has 1 unspecified atom stereocenters. The van der Waals surface area contributed by atoms with Gasteiger partial charge in [-0.05, 0) is 25.5 Å². The average Bonchev–Trinajstić information content (AvgIpc) is 3.18. The molecule has 30 heavy (non-hydrogen) atoms. The van der Waals surface area contributed by atoms with E-state index in [0.717, 1.165) is 28.1 Å². The van der Waals surface area contributed by atoms with E-state index in [9.17, 15) is 4.79 Å². The minimum absolute atomic E-state index is 0.0898. The topological polar surface area (TPSA) is 102 Å². The molecule has 1 saturated heterocycles. The number of nitrogens with zero attached hydrogens (tertiary/aromatic N) is 7. The molecular formula is C20H22N8O2. The van der Waals surface area contributed by atoms with Gasteiger partial charge in [-0.15, -0.1) is 0 Å². The first-order valence-electron chi connectivity index (χ1n) is 9.79. The van der Waals surface area contributed by atoms with E-state index in [0.29, 0.717) is 31.2 Å². The van der Waals surface area contributed by atoms with Gasteiger partial charge in [-0.2, -0.15) is 5.10 Å². The molecule has 5 heterocycles. The Morgan fingerprint density at radius 1 is 1.27 bits per heavy atom. The summed E-state index contributed by atoms with van der Waals surface area (Å²) in [4.78, 5) is 28.1. The van der Waals surface area contributed by atoms with Crippen molar-refractivity contribution in [1.82, 2.24) is 29.1 Å². The van der Waals surface area contributed by atoms with Gasteiger partial charge in [0.25, 0.3) is 5.56 Å². The number of aryl methyl sites for hydroxylation is 2. The average molecular weight is 406 g/mol. The zero-order valence-electron chi connectivity index (χ0n) is 17.0. The maximum Gasteiger partial charge on any atom is 0.252 e. The van der Waals surface area contributed by atoms with Crippen LogP contribution in [-0.4, -0.2) is 54.9 Å². The first kappa shape index (κ1) is 18.5. The fourth-order valence-corrected chi connectivity index (χ4v) is 3.78. The van der Waals surface area contributed by atoms with Gasteiger partial charge in [0.1, 0.15) is 11.8 Å². The number of morpholine rings is 1. The Bertz CT molecular complexity index is 1310. The molecule has 10 heteroatoms. The quantitative estimate of drug-likeness (QED) is 0.548. The van der Waals surface area contributed by atoms with Gasteiger partial charge in [0.15, 0.2) is 5.65 Å². The second-order valence-electron chi connectivity index (χ2n) is 7.53. The highest BCUT2D eigenvalue weighted by Gasteiger charge is 2.23. The summed E-state index contributed by atoms with van der Waals surface area (Å²) in [5, 5.41) is 7.47. The molecule has 5 rings (SSSR count). The normalized spacial score (nSPS) is 17.0. The van der Waals surface area contributed by atoms with Crippen molar-refractivity contribution >= 4 is 34.0 Å². The van der Waals surface area contributed by atoms with Gasteiger partial charge >= 0.3 is 0 Å². The minimum atomic E-state index is -0.0898. The number of aromatic nitrogens is 6. The first-order valence-corrected chi connectivity index (χ1v) is 9.79. The second-order valence-corrected chi connectivity index (χ2v) is 7.53. The molecule has 0 bridgehead atoms. The molecule has 0 radical (unpaired) electrons. The summed E-state index contributed by atoms with van der Waals surface area (Å²) in [5.74, 6) is 0.450. The van der Waals surface area contributed by atoms with Crippen LogP contribution in [0, 0.1) is 6.92 Å². The van der Waals surface area contributed by atoms with E-state index in [1.165, 1.54) is 6.33 Å². The number of hydrogen-bond donors (Lipinski definition) is 1. The highest BCUT2D eigenvalue weighted by molar-refractivity contribution is 5.89. The third-order valence-corrected chi connectivity index (χ3v) is 5.51. The zero-order chi connectivity index (χ0) is 20.8. The number of anilines is 3. The predicted octanol–water partition coefficient (Wildman–Crippen LogP) is 1.65. The molecule has 4 aromatic rings. The van der Waals surface area contributed by atoms with Gasteiger partial charge in [0, 0.05) is 25.7 Å². The van der Waals surface area contributed by atoms with Crippen LogP contribution in [0.4, 0.5) is 17.3 Å². The summed E-state index contributed by atoms with van der Waals surface area (Å²) in [5.41, 5.74) is 4.73. The maximum atomic E-state index is 12.5. The predicted molar refractivity (Wildman–Crippen MR) is 113 cm³/mol. The summed E-state index contributed by atoms with van der Waals surface area (Å²) in [6, 6.07) is 3.74. The Hall–Kier alpha value is -3.53. The monoisotopic (exact) mass is 406 g/mol. The van der Waals surface area contributed by atoms with Crippen molar-refractivity contribution < 1.29 is 4.74 Å². The van der Waals surface area contributed by atoms with Crippen LogP contribution in [0.25, 0.3) is 16.7 Å². The summed E-state index contributed by atoms with van der Waals surface area (Å²) >= 11 is 0. The standard InChI is InChI=1S/C20H22N8O2/c1-12-6-17-22-11-23-28(17)9-14(12)24-20-21-8-16-19(25-20)15(7-18(29)26(16)3)27-4-5-30-10-13(27)2/h6-9,11,13H,4-5,10H2,1-3H3,(H,21,24,25). The van der Waals surface area contributed by atoms with Gasteiger partial charge < -0.3 is 19.5 Å². The number of fused-ring (bicyclic) bond motifs is 2. The molecule has 0 amide bonds. The fourth-order valence-electron chi connectivity index (χ4n) is 3.78. The van der Waals surface area contributed by atoms with Crippen LogP contribution in [0.1, 0.15) is 12.5 Å². The fraction of sp³-hybridized carbons (Fsp3) is 0.350. The second kappa shape index (κ2) is 7.06. The van der Waals surface area contributed by atoms with Crippen molar-refractivity contribution in [1.29, 1.82) is 0 Å². The van der Waals surface area contributed by atoms with E-state index < -0.39 is 0 Å². The molecule has 4 aromatic heterocycles. The maximum absolute atomic E-state index is 12.5. The van der Waals surface area contributed by atoms with Crippen LogP contribution >= 0.6 is 0 Å². The first-order chi connectivity index (χ1) is 14.5. The molecule has 0 saturated carbocycles. The third kappa shape index (κ3) is 3.05. The lowest BCUT2D eigenvalue weighted by molar-refractivity contribution is 0.0990. The summed E-state index contributed by atoms with van der Waals surface area (Å²) in [7, 11) is 1.73. The molecule has 1 N–H and O–H groups in total. The van der Waals surface area contributed by atoms with Crippen LogP contribution in [0.3, 0.4) is 0 Å². The molecule has 1 atom stereocenters. The number of hydrogen-bond acceptors (Lipinski definition) is 8. The number of rotatable bonds is 3. The number of nitrogens with one attached hydrogen (secondary N) is 1. The van der Waals surface area contributed by atoms with E-state index in [1.54, 1.807) is 28.4 Å². The highest BCUT2D eigenvalue weighted by atomic mass is 16.5. The van der Waals surface area contributed by atoms with Gasteiger partial charge in [-0.3, -0.25) is 4.79 Å². The van der Waals surface area contributed by atoms with E-state index in [4.69, 9.17) is 9.72 Å². The van der Waals surface area contributed by atoms with Crippen LogP contribution in [0.15, 0.2) is 35.6 Å². The SMILES string of the molecule is Cc1cc2ncnn2cc1Nc1ncc2c(n1)c(N1CCOCC1C)cc(=O)n2C. The Labute approximate surface area is 172 Å². The molecule has 10 nitrogen and oxygen atoms in total. The highest BCUT2D eigenvalue weighted by Crippen LogP contribution is 2.28. The van der Waals surface area contributed by atoms with Gasteiger partial charge in [-0.25, -0.2) is 19.5 Å². The molecule has 154 valence electrons. The molecule has 1 aliphatic rings. The molecule has 1 aliphatic heterocycles. The molecule has 1 fully saturated rings. The number of pyridine rings is 2. The van der Waals surface area contributed by atoms with Crippen LogP contribution in [-0.2, 0) is 11.8 Å². The van der Waals surface area contributed by atoms with E-state index >= 15 is 0 Å². The van der Waals surface area contributed by atoms with Gasteiger partial charge in [0.05, 0.1) is 42.5 Å². The smallest absolute Gasteiger partial charge is 0.252 e. The van der Waals surface area contributed by atoms with Crippen molar-refractivity contribution in [2.75, 3.05) is 30.0 Å². The van der Waals surface area contributed by atoms with Crippen LogP contribution < -0.4 is 15.8 Å². The largest absolute Gasteiger partial charge is 0.377 e. The van der Waals surface area contributed by atoms with Crippen LogP contribution in [0.5, 0.6) is 0 Å². The van der Waals surface area contributed by atoms with Gasteiger partial charge in [-0.1, -0.05) is 0 Å². The molecule has 0 aromatic carbocycles. The molecular weight excluding hydrogens is 384 g/mol. The Balaban J connectivity index is 1.61. The zero-order valence-corrected chi connectivity index (χ0v) is 17.0. The van der Waals surface area contributed by atoms with E-state index in [-0.39, 0.29) is 11.6 Å². The Morgan fingerprint density at radius 2 is 2.13 bits per heavy atom. The van der Waals surface area contributed by atoms with Crippen molar-refractivity contribution in [3.63, 3.8) is 0 Å². The summed E-state index contributed by atoms with van der Waals surface area (Å²) in [6.07, 6.45) is 5.06. The lowest BCUT2D eigenvalue weighted by atomic mass is 10.2. The summed E-state index contributed by atoms with van der Waals surface area (Å²) < 4.78 is 8.83.